The van der Waals surface area contributed by atoms with Crippen LogP contribution in [0.4, 0.5) is 5.69 Å². The number of carbonyl (C=O) groups excluding carboxylic acids is 1. The van der Waals surface area contributed by atoms with Gasteiger partial charge in [0.15, 0.2) is 0 Å². The zero-order valence-corrected chi connectivity index (χ0v) is 21.2. The van der Waals surface area contributed by atoms with E-state index < -0.39 is 0 Å². The van der Waals surface area contributed by atoms with Crippen LogP contribution in [0.1, 0.15) is 108 Å². The summed E-state index contributed by atoms with van der Waals surface area (Å²) < 4.78 is 0. The number of oxime groups is 1. The number of carbonyl (C=O) groups is 1. The van der Waals surface area contributed by atoms with Gasteiger partial charge in [0.05, 0.1) is 5.71 Å². The maximum atomic E-state index is 11.6. The zero-order valence-electron chi connectivity index (χ0n) is 21.2. The van der Waals surface area contributed by atoms with Crippen molar-refractivity contribution in [1.29, 1.82) is 0 Å². The average molecular weight is 461 g/mol. The van der Waals surface area contributed by atoms with E-state index in [0.29, 0.717) is 0 Å². The molecule has 0 spiro atoms. The molecule has 4 rings (SSSR count). The van der Waals surface area contributed by atoms with Crippen molar-refractivity contribution in [3.8, 4) is 11.1 Å². The number of nitrogens with two attached hydrogens (primary N) is 1. The normalized spacial score (nSPS) is 17.3. The summed E-state index contributed by atoms with van der Waals surface area (Å²) in [5.74, 6) is 0.378. The Kier molecular flexibility index (Phi) is 7.75. The highest BCUT2D eigenvalue weighted by atomic mass is 16.7. The Morgan fingerprint density at radius 1 is 1.00 bits per heavy atom. The highest BCUT2D eigenvalue weighted by Crippen LogP contribution is 2.54. The van der Waals surface area contributed by atoms with Crippen molar-refractivity contribution in [3.63, 3.8) is 0 Å². The molecule has 34 heavy (non-hydrogen) atoms. The number of nitrogens with zero attached hydrogens (tertiary/aromatic N) is 1. The Labute approximate surface area is 205 Å². The molecule has 2 aromatic rings. The van der Waals surface area contributed by atoms with Gasteiger partial charge in [0.2, 0.25) is 0 Å². The average Bonchev–Trinajstić information content (AvgIpc) is 3.08. The van der Waals surface area contributed by atoms with Crippen molar-refractivity contribution in [1.82, 2.24) is 0 Å². The van der Waals surface area contributed by atoms with Crippen LogP contribution in [0.5, 0.6) is 0 Å². The fraction of sp³-hybridized carbons (Fsp3) is 0.533. The minimum absolute atomic E-state index is 0.0323. The molecule has 0 saturated heterocycles. The number of benzene rings is 2. The van der Waals surface area contributed by atoms with Gasteiger partial charge in [-0.15, -0.1) is 0 Å². The SMILES string of the molecule is CCCC1(CCC)c2cc(N)ccc2-c2ccc(/C(CCC3CCCCC3)=N\OC(C)=O)cc21. The third-order valence-electron chi connectivity index (χ3n) is 7.87. The third kappa shape index (κ3) is 4.92. The quantitative estimate of drug-likeness (QED) is 0.180. The van der Waals surface area contributed by atoms with Crippen molar-refractivity contribution in [2.24, 2.45) is 11.1 Å². The van der Waals surface area contributed by atoms with E-state index in [0.717, 1.165) is 61.4 Å². The van der Waals surface area contributed by atoms with Crippen LogP contribution < -0.4 is 5.73 Å². The summed E-state index contributed by atoms with van der Waals surface area (Å²) in [6.45, 7) is 5.95. The number of hydrogen-bond acceptors (Lipinski definition) is 4. The number of hydrogen-bond donors (Lipinski definition) is 1. The first kappa shape index (κ1) is 24.5. The van der Waals surface area contributed by atoms with Crippen molar-refractivity contribution in [3.05, 3.63) is 53.1 Å². The van der Waals surface area contributed by atoms with Crippen LogP contribution in [0.2, 0.25) is 0 Å². The predicted molar refractivity (Wildman–Crippen MR) is 141 cm³/mol. The van der Waals surface area contributed by atoms with Crippen molar-refractivity contribution in [2.45, 2.75) is 96.8 Å². The summed E-state index contributed by atoms with van der Waals surface area (Å²) in [6, 6.07) is 13.1. The van der Waals surface area contributed by atoms with Crippen LogP contribution in [0.15, 0.2) is 41.6 Å². The highest BCUT2D eigenvalue weighted by molar-refractivity contribution is 6.02. The van der Waals surface area contributed by atoms with Gasteiger partial charge in [-0.1, -0.05) is 82.1 Å². The molecule has 182 valence electrons. The second-order valence-electron chi connectivity index (χ2n) is 10.3. The molecule has 0 unspecified atom stereocenters. The summed E-state index contributed by atoms with van der Waals surface area (Å²) in [5.41, 5.74) is 14.4. The first-order valence-electron chi connectivity index (χ1n) is 13.3. The standard InChI is InChI=1S/C30H40N2O2/c1-4-17-30(18-5-2)27-19-23(12-14-25(27)26-15-13-24(31)20-28(26)30)29(32-34-21(3)33)16-11-22-9-7-6-8-10-22/h12-15,19-20,22H,4-11,16-18,31H2,1-3H3/b32-29-. The molecule has 0 aromatic heterocycles. The molecule has 4 nitrogen and oxygen atoms in total. The lowest BCUT2D eigenvalue weighted by molar-refractivity contribution is -0.140. The van der Waals surface area contributed by atoms with Crippen LogP contribution >= 0.6 is 0 Å². The van der Waals surface area contributed by atoms with Gasteiger partial charge in [0.25, 0.3) is 0 Å². The number of anilines is 1. The molecule has 0 aliphatic heterocycles. The van der Waals surface area contributed by atoms with Crippen molar-refractivity contribution < 1.29 is 9.63 Å². The topological polar surface area (TPSA) is 64.7 Å². The summed E-state index contributed by atoms with van der Waals surface area (Å²) in [5, 5.41) is 4.35. The van der Waals surface area contributed by atoms with Gasteiger partial charge in [0, 0.05) is 18.0 Å². The Bertz CT molecular complexity index is 1040. The van der Waals surface area contributed by atoms with Crippen LogP contribution in [0, 0.1) is 5.92 Å². The summed E-state index contributed by atoms with van der Waals surface area (Å²) in [4.78, 5) is 16.8. The van der Waals surface area contributed by atoms with Gasteiger partial charge in [-0.25, -0.2) is 4.79 Å². The van der Waals surface area contributed by atoms with Crippen molar-refractivity contribution in [2.75, 3.05) is 5.73 Å². The Morgan fingerprint density at radius 3 is 2.29 bits per heavy atom. The summed E-state index contributed by atoms with van der Waals surface area (Å²) in [7, 11) is 0. The molecular formula is C30H40N2O2. The van der Waals surface area contributed by atoms with Crippen LogP contribution in [-0.2, 0) is 15.0 Å². The maximum absolute atomic E-state index is 11.6. The molecule has 4 heteroatoms. The fourth-order valence-corrected chi connectivity index (χ4v) is 6.39. The Balaban J connectivity index is 1.74. The molecule has 0 bridgehead atoms. The molecule has 0 amide bonds. The van der Waals surface area contributed by atoms with Gasteiger partial charge < -0.3 is 10.6 Å². The highest BCUT2D eigenvalue weighted by Gasteiger charge is 2.42. The van der Waals surface area contributed by atoms with E-state index in [9.17, 15) is 4.79 Å². The summed E-state index contributed by atoms with van der Waals surface area (Å²) in [6.07, 6.45) is 13.0. The Morgan fingerprint density at radius 2 is 1.65 bits per heavy atom. The largest absolute Gasteiger partial charge is 0.399 e. The minimum Gasteiger partial charge on any atom is -0.399 e. The molecular weight excluding hydrogens is 420 g/mol. The van der Waals surface area contributed by atoms with Gasteiger partial charge in [0.1, 0.15) is 0 Å². The minimum atomic E-state index is -0.370. The van der Waals surface area contributed by atoms with Crippen LogP contribution in [0.25, 0.3) is 11.1 Å². The first-order valence-corrected chi connectivity index (χ1v) is 13.3. The number of nitrogen functional groups attached to an aromatic ring is 1. The van der Waals surface area contributed by atoms with Gasteiger partial charge in [-0.3, -0.25) is 0 Å². The smallest absolute Gasteiger partial charge is 0.331 e. The van der Waals surface area contributed by atoms with E-state index in [1.807, 2.05) is 6.07 Å². The molecule has 1 saturated carbocycles. The lowest BCUT2D eigenvalue weighted by atomic mass is 9.71. The second-order valence-corrected chi connectivity index (χ2v) is 10.3. The second kappa shape index (κ2) is 10.8. The van der Waals surface area contributed by atoms with E-state index in [1.54, 1.807) is 0 Å². The Hall–Kier alpha value is -2.62. The lowest BCUT2D eigenvalue weighted by Gasteiger charge is -2.32. The van der Waals surface area contributed by atoms with Gasteiger partial charge in [-0.2, -0.15) is 0 Å². The van der Waals surface area contributed by atoms with E-state index in [4.69, 9.17) is 10.6 Å². The van der Waals surface area contributed by atoms with E-state index in [-0.39, 0.29) is 11.4 Å². The number of rotatable bonds is 9. The molecule has 2 aliphatic rings. The molecule has 0 radical (unpaired) electrons. The predicted octanol–water partition coefficient (Wildman–Crippen LogP) is 7.76. The van der Waals surface area contributed by atoms with Crippen LogP contribution in [-0.4, -0.2) is 11.7 Å². The van der Waals surface area contributed by atoms with E-state index >= 15 is 0 Å². The third-order valence-corrected chi connectivity index (χ3v) is 7.87. The van der Waals surface area contributed by atoms with E-state index in [2.05, 4.69) is 49.3 Å². The maximum Gasteiger partial charge on any atom is 0.331 e. The van der Waals surface area contributed by atoms with E-state index in [1.165, 1.54) is 61.3 Å². The van der Waals surface area contributed by atoms with Gasteiger partial charge >= 0.3 is 5.97 Å². The van der Waals surface area contributed by atoms with Crippen LogP contribution in [0.3, 0.4) is 0 Å². The lowest BCUT2D eigenvalue weighted by Crippen LogP contribution is -2.25. The zero-order chi connectivity index (χ0) is 24.1. The fourth-order valence-electron chi connectivity index (χ4n) is 6.39. The monoisotopic (exact) mass is 460 g/mol. The first-order chi connectivity index (χ1) is 16.5. The molecule has 2 N–H and O–H groups in total. The molecule has 2 aromatic carbocycles. The number of fused-ring (bicyclic) bond motifs is 3. The van der Waals surface area contributed by atoms with Gasteiger partial charge in [-0.05, 0) is 77.6 Å². The molecule has 0 atom stereocenters. The molecule has 0 heterocycles. The molecule has 1 fully saturated rings. The summed E-state index contributed by atoms with van der Waals surface area (Å²) >= 11 is 0. The van der Waals surface area contributed by atoms with Crippen molar-refractivity contribution >= 4 is 17.4 Å². The molecule has 2 aliphatic carbocycles.